The van der Waals surface area contributed by atoms with E-state index in [9.17, 15) is 0 Å². The van der Waals surface area contributed by atoms with Crippen molar-refractivity contribution in [1.82, 2.24) is 14.7 Å². The van der Waals surface area contributed by atoms with E-state index in [2.05, 4.69) is 166 Å². The Balaban J connectivity index is -0.00000533. The van der Waals surface area contributed by atoms with Crippen molar-refractivity contribution in [3.05, 3.63) is 80.9 Å². The predicted molar refractivity (Wildman–Crippen MR) is 454 cm³/mol. The molecule has 0 aliphatic rings. The summed E-state index contributed by atoms with van der Waals surface area (Å²) in [5.41, 5.74) is 10.1. The number of benzene rings is 3. The van der Waals surface area contributed by atoms with Crippen LogP contribution in [0.4, 0.5) is 0 Å². The van der Waals surface area contributed by atoms with Gasteiger partial charge in [0.15, 0.2) is 0 Å². The van der Waals surface area contributed by atoms with Crippen LogP contribution in [0.3, 0.4) is 0 Å². The van der Waals surface area contributed by atoms with Crippen molar-refractivity contribution >= 4 is 24.3 Å². The van der Waals surface area contributed by atoms with Gasteiger partial charge in [0, 0.05) is 11.1 Å². The number of ether oxygens (including phenoxy) is 4. The highest BCUT2D eigenvalue weighted by Crippen LogP contribution is 2.35. The van der Waals surface area contributed by atoms with E-state index in [4.69, 9.17) is 18.9 Å². The fourth-order valence-electron chi connectivity index (χ4n) is 13.0. The van der Waals surface area contributed by atoms with Gasteiger partial charge in [0.1, 0.15) is 23.0 Å². The van der Waals surface area contributed by atoms with Gasteiger partial charge in [0.2, 0.25) is 0 Å². The van der Waals surface area contributed by atoms with Gasteiger partial charge in [-0.1, -0.05) is 366 Å². The molecule has 0 radical (unpaired) electrons. The fraction of sp³-hybridized carbons (Fsp3) is 0.763. The van der Waals surface area contributed by atoms with Crippen LogP contribution in [0.1, 0.15) is 412 Å². The van der Waals surface area contributed by atoms with Gasteiger partial charge < -0.3 is 18.9 Å². The van der Waals surface area contributed by atoms with Crippen LogP contribution in [0.25, 0.3) is 24.3 Å². The highest BCUT2D eigenvalue weighted by molar-refractivity contribution is 5.79. The molecule has 7 nitrogen and oxygen atoms in total. The zero-order valence-electron chi connectivity index (χ0n) is 65.9. The summed E-state index contributed by atoms with van der Waals surface area (Å²) in [6.07, 6.45) is 68.6. The first kappa shape index (κ1) is 100. The van der Waals surface area contributed by atoms with Crippen LogP contribution in [-0.4, -0.2) is 88.7 Å². The molecule has 0 atom stereocenters. The molecule has 0 aromatic heterocycles. The summed E-state index contributed by atoms with van der Waals surface area (Å²) in [7, 11) is 6.36. The second-order valence-electron chi connectivity index (χ2n) is 29.1. The van der Waals surface area contributed by atoms with Crippen LogP contribution in [0.2, 0.25) is 0 Å². The number of rotatable bonds is 64. The molecule has 0 aliphatic heterocycles. The Hall–Kier alpha value is -3.78. The molecule has 0 spiro atoms. The molecule has 584 valence electrons. The lowest BCUT2D eigenvalue weighted by Crippen LogP contribution is -2.40. The molecular weight excluding hydrogens is 1220 g/mol. The quantitative estimate of drug-likeness (QED) is 0.0317. The summed E-state index contributed by atoms with van der Waals surface area (Å²) in [5.74, 6) is 3.95. The first-order chi connectivity index (χ1) is 47.0. The van der Waals surface area contributed by atoms with E-state index in [1.165, 1.54) is 279 Å². The molecule has 0 unspecified atom stereocenters. The second-order valence-corrected chi connectivity index (χ2v) is 29.1. The van der Waals surface area contributed by atoms with Crippen molar-refractivity contribution in [3.8, 4) is 23.0 Å². The van der Waals surface area contributed by atoms with Crippen molar-refractivity contribution in [2.75, 3.05) is 74.0 Å². The van der Waals surface area contributed by atoms with E-state index in [1.807, 2.05) is 0 Å². The smallest absolute Gasteiger partial charge is 0.127 e. The van der Waals surface area contributed by atoms with Gasteiger partial charge in [-0.15, -0.1) is 0 Å². The average molecular weight is 1400 g/mol. The number of hydrogen-bond donors (Lipinski definition) is 0. The summed E-state index contributed by atoms with van der Waals surface area (Å²) in [4.78, 5) is 6.92. The monoisotopic (exact) mass is 1400 g/mol. The molecule has 0 aliphatic carbocycles. The highest BCUT2D eigenvalue weighted by atomic mass is 16.5. The van der Waals surface area contributed by atoms with Crippen molar-refractivity contribution < 1.29 is 18.9 Å². The minimum atomic E-state index is 0. The van der Waals surface area contributed by atoms with E-state index in [0.29, 0.717) is 0 Å². The van der Waals surface area contributed by atoms with Crippen molar-refractivity contribution in [3.63, 3.8) is 0 Å². The van der Waals surface area contributed by atoms with Crippen LogP contribution in [-0.2, 0) is 12.8 Å². The molecule has 3 aromatic rings. The zero-order chi connectivity index (χ0) is 69.7. The summed E-state index contributed by atoms with van der Waals surface area (Å²) in [5, 5.41) is 0. The molecular formula is C93H173N3O4. The van der Waals surface area contributed by atoms with Gasteiger partial charge in [-0.3, -0.25) is 14.7 Å². The van der Waals surface area contributed by atoms with Gasteiger partial charge in [0.05, 0.1) is 39.8 Å². The number of unbranched alkanes of at least 4 members (excludes halogenated alkanes) is 38. The van der Waals surface area contributed by atoms with Crippen LogP contribution < -0.4 is 18.9 Å². The molecule has 7 heteroatoms. The molecule has 0 bridgehead atoms. The molecule has 0 saturated heterocycles. The summed E-state index contributed by atoms with van der Waals surface area (Å²) in [6, 6.07) is 14.2. The molecule has 100 heavy (non-hydrogen) atoms. The maximum Gasteiger partial charge on any atom is 0.127 e. The largest absolute Gasteiger partial charge is 0.493 e. The zero-order valence-corrected chi connectivity index (χ0v) is 65.9. The Labute approximate surface area is 626 Å². The van der Waals surface area contributed by atoms with Crippen LogP contribution >= 0.6 is 0 Å². The maximum absolute atomic E-state index is 6.76. The molecule has 0 heterocycles. The fourth-order valence-corrected chi connectivity index (χ4v) is 13.0. The Morgan fingerprint density at radius 1 is 0.270 bits per heavy atom. The summed E-state index contributed by atoms with van der Waals surface area (Å²) in [6.45, 7) is 30.0. The van der Waals surface area contributed by atoms with Gasteiger partial charge in [-0.05, 0) is 157 Å². The summed E-state index contributed by atoms with van der Waals surface area (Å²) >= 11 is 0. The lowest BCUT2D eigenvalue weighted by atomic mass is 9.91. The van der Waals surface area contributed by atoms with Gasteiger partial charge >= 0.3 is 0 Å². The van der Waals surface area contributed by atoms with Crippen molar-refractivity contribution in [1.29, 1.82) is 0 Å². The van der Waals surface area contributed by atoms with E-state index in [-0.39, 0.29) is 29.7 Å². The number of hydrogen-bond acceptors (Lipinski definition) is 7. The lowest BCUT2D eigenvalue weighted by Gasteiger charge is -2.28. The van der Waals surface area contributed by atoms with Crippen LogP contribution in [0, 0.1) is 13.8 Å². The first-order valence-electron chi connectivity index (χ1n) is 41.4. The van der Waals surface area contributed by atoms with Crippen LogP contribution in [0.5, 0.6) is 23.0 Å². The van der Waals surface area contributed by atoms with Crippen molar-refractivity contribution in [2.45, 2.75) is 394 Å². The first-order valence-corrected chi connectivity index (χ1v) is 41.4. The average Bonchev–Trinajstić information content (AvgIpc) is 0.819. The lowest BCUT2D eigenvalue weighted by molar-refractivity contribution is 0.114. The Kier molecular flexibility index (Phi) is 71.1. The van der Waals surface area contributed by atoms with E-state index < -0.39 is 0 Å². The maximum atomic E-state index is 6.76. The number of nitrogens with zero attached hydrogens (tertiary/aromatic N) is 3. The third-order valence-corrected chi connectivity index (χ3v) is 19.4. The molecule has 3 rings (SSSR count). The van der Waals surface area contributed by atoms with Gasteiger partial charge in [-0.25, -0.2) is 0 Å². The summed E-state index contributed by atoms with van der Waals surface area (Å²) < 4.78 is 26.8. The third kappa shape index (κ3) is 51.4. The molecule has 0 fully saturated rings. The Bertz CT molecular complexity index is 2170. The third-order valence-electron chi connectivity index (χ3n) is 19.4. The normalized spacial score (nSPS) is 11.3. The van der Waals surface area contributed by atoms with E-state index >= 15 is 0 Å². The molecule has 0 saturated carbocycles. The van der Waals surface area contributed by atoms with Crippen molar-refractivity contribution in [2.24, 2.45) is 0 Å². The second kappa shape index (κ2) is 70.9. The SMILES string of the molecule is C.C.C.C.CCCCCCCCCCOc1cc(/C=C/c2cc(CCCCCCCC)c(/C=C/c3cc(OCCCCCCCCCC)c(C)cc3OCCCCCCCCCC)cc2CCCCCCCC)c(OCCCCCCCCCC)cc1C.CCN(C)CN(CC)CN(C)C. The number of aryl methyl sites for hydroxylation is 4. The van der Waals surface area contributed by atoms with Gasteiger partial charge in [0.25, 0.3) is 0 Å². The van der Waals surface area contributed by atoms with E-state index in [0.717, 1.165) is 137 Å². The predicted octanol–water partition coefficient (Wildman–Crippen LogP) is 29.8. The van der Waals surface area contributed by atoms with Crippen LogP contribution in [0.15, 0.2) is 36.4 Å². The Morgan fingerprint density at radius 2 is 0.520 bits per heavy atom. The van der Waals surface area contributed by atoms with E-state index in [1.54, 1.807) is 0 Å². The molecule has 3 aromatic carbocycles. The Morgan fingerprint density at radius 3 is 0.780 bits per heavy atom. The minimum absolute atomic E-state index is 0. The highest BCUT2D eigenvalue weighted by Gasteiger charge is 2.15. The minimum Gasteiger partial charge on any atom is -0.493 e. The molecule has 0 amide bonds. The standard InChI is InChI=1S/C80H134O4.C9H23N3.4CH4/c1-9-15-21-27-33-37-43-49-59-81-77-67-75(79(63-69(77)7)83-61-51-45-39-35-29-23-17-11-3)57-55-73-65-72(54-48-42-32-26-20-14-6)74(66-71(73)53-47-41-31-25-19-13-5)56-58-76-68-78(82-60-50-44-38-34-28-22-16-10-2)70(8)64-80(76)84-62-52-46-40-36-30-24-18-12-4;1-6-11(5)9-12(7-2)8-10(3)4;;;;/h55-58,63-68H,9-54,59-62H2,1-8H3;6-9H2,1-5H3;4*1H4/b57-55+,58-56+;;;;;. The topological polar surface area (TPSA) is 46.6 Å². The van der Waals surface area contributed by atoms with Gasteiger partial charge in [-0.2, -0.15) is 0 Å². The molecule has 0 N–H and O–H groups in total.